The van der Waals surface area contributed by atoms with Gasteiger partial charge in [0.2, 0.25) is 5.89 Å². The number of oxazole rings is 1. The predicted molar refractivity (Wildman–Crippen MR) is 172 cm³/mol. The summed E-state index contributed by atoms with van der Waals surface area (Å²) in [7, 11) is 4.26. The Morgan fingerprint density at radius 2 is 1.84 bits per heavy atom. The van der Waals surface area contributed by atoms with Crippen LogP contribution in [0.3, 0.4) is 0 Å². The number of likely N-dealkylation sites (N-methyl/N-ethyl adjacent to an activating group) is 1. The van der Waals surface area contributed by atoms with Crippen LogP contribution in [0, 0.1) is 18.3 Å². The van der Waals surface area contributed by atoms with Gasteiger partial charge in [0.25, 0.3) is 0 Å². The van der Waals surface area contributed by atoms with Gasteiger partial charge in [0, 0.05) is 48.9 Å². The minimum atomic E-state index is 0.274. The zero-order valence-corrected chi connectivity index (χ0v) is 25.6. The topological polar surface area (TPSA) is 100.0 Å². The first-order valence-electron chi connectivity index (χ1n) is 14.8. The standard InChI is InChI=1S/C35H31ClN6O2/c1-20-24(9-5-10-25(20)35-40-28-16-21(19-43)15-23(17-37)33(28)44-35)26-11-6-12-27(31(26)36)38-32(22-7-4-8-22)34-39-29-18-41(2)14-13-30(29)42(34)3/h5-6,9-12,15-16,19,38H,4,7-8,13-14,18H2,1-3H3. The summed E-state index contributed by atoms with van der Waals surface area (Å²) in [5.41, 5.74) is 10.7. The predicted octanol–water partition coefficient (Wildman–Crippen LogP) is 7.54. The first-order chi connectivity index (χ1) is 21.4. The van der Waals surface area contributed by atoms with Gasteiger partial charge in [-0.25, -0.2) is 9.97 Å². The number of imidazole rings is 1. The molecule has 3 aromatic carbocycles. The number of anilines is 1. The number of carbonyl (C=O) groups excluding carboxylic acids is 1. The van der Waals surface area contributed by atoms with E-state index in [0.29, 0.717) is 33.9 Å². The average molecular weight is 603 g/mol. The van der Waals surface area contributed by atoms with Gasteiger partial charge in [0.15, 0.2) is 11.4 Å². The molecule has 0 atom stereocenters. The minimum absolute atomic E-state index is 0.274. The van der Waals surface area contributed by atoms with Crippen molar-refractivity contribution >= 4 is 40.4 Å². The molecule has 1 N–H and O–H groups in total. The number of nitriles is 1. The van der Waals surface area contributed by atoms with E-state index in [9.17, 15) is 10.1 Å². The van der Waals surface area contributed by atoms with E-state index in [4.69, 9.17) is 21.0 Å². The zero-order chi connectivity index (χ0) is 30.5. The molecule has 0 amide bonds. The van der Waals surface area contributed by atoms with E-state index in [2.05, 4.69) is 39.9 Å². The van der Waals surface area contributed by atoms with Gasteiger partial charge in [-0.2, -0.15) is 5.26 Å². The van der Waals surface area contributed by atoms with Crippen LogP contribution in [0.4, 0.5) is 5.69 Å². The van der Waals surface area contributed by atoms with E-state index in [1.165, 1.54) is 23.8 Å². The molecule has 1 aliphatic carbocycles. The van der Waals surface area contributed by atoms with Crippen LogP contribution in [0.25, 0.3) is 39.4 Å². The molecule has 2 aliphatic rings. The number of hydrogen-bond donors (Lipinski definition) is 1. The lowest BCUT2D eigenvalue weighted by Gasteiger charge is -2.24. The fraction of sp³-hybridized carbons (Fsp3) is 0.257. The Hall–Kier alpha value is -4.71. The smallest absolute Gasteiger partial charge is 0.227 e. The van der Waals surface area contributed by atoms with Crippen LogP contribution in [-0.4, -0.2) is 39.3 Å². The van der Waals surface area contributed by atoms with E-state index < -0.39 is 0 Å². The third kappa shape index (κ3) is 4.69. The second-order valence-corrected chi connectivity index (χ2v) is 12.0. The summed E-state index contributed by atoms with van der Waals surface area (Å²) in [5.74, 6) is 1.34. The molecule has 220 valence electrons. The average Bonchev–Trinajstić information content (AvgIpc) is 3.57. The molecule has 1 saturated carbocycles. The van der Waals surface area contributed by atoms with Crippen molar-refractivity contribution in [2.45, 2.75) is 39.2 Å². The SMILES string of the molecule is Cc1c(-c2nc3cc(C=O)cc(C#N)c3o2)cccc1-c1cccc(NC(=C2CCC2)c2nc3c(n2C)CCN(C)C3)c1Cl. The van der Waals surface area contributed by atoms with E-state index in [1.54, 1.807) is 6.07 Å². The van der Waals surface area contributed by atoms with Gasteiger partial charge < -0.3 is 19.2 Å². The molecule has 7 rings (SSSR count). The molecular formula is C35H31ClN6O2. The fourth-order valence-electron chi connectivity index (χ4n) is 6.24. The van der Waals surface area contributed by atoms with Crippen LogP contribution in [0.5, 0.6) is 0 Å². The number of carbonyl (C=O) groups is 1. The summed E-state index contributed by atoms with van der Waals surface area (Å²) in [4.78, 5) is 23.5. The van der Waals surface area contributed by atoms with Crippen molar-refractivity contribution in [2.24, 2.45) is 7.05 Å². The van der Waals surface area contributed by atoms with E-state index in [1.807, 2.05) is 43.3 Å². The van der Waals surface area contributed by atoms with Gasteiger partial charge in [-0.3, -0.25) is 4.79 Å². The number of allylic oxidation sites excluding steroid dienone is 1. The maximum atomic E-state index is 11.4. The van der Waals surface area contributed by atoms with E-state index >= 15 is 0 Å². The second-order valence-electron chi connectivity index (χ2n) is 11.6. The maximum Gasteiger partial charge on any atom is 0.227 e. The Kier molecular flexibility index (Phi) is 7.08. The third-order valence-corrected chi connectivity index (χ3v) is 9.27. The van der Waals surface area contributed by atoms with Crippen molar-refractivity contribution in [3.05, 3.63) is 93.0 Å². The van der Waals surface area contributed by atoms with Crippen molar-refractivity contribution in [3.8, 4) is 28.7 Å². The van der Waals surface area contributed by atoms with E-state index in [0.717, 1.165) is 77.5 Å². The van der Waals surface area contributed by atoms with Crippen LogP contribution in [0.15, 0.2) is 58.5 Å². The molecule has 5 aromatic rings. The Labute approximate surface area is 260 Å². The summed E-state index contributed by atoms with van der Waals surface area (Å²) in [6.45, 7) is 3.89. The first-order valence-corrected chi connectivity index (χ1v) is 15.1. The van der Waals surface area contributed by atoms with Crippen LogP contribution < -0.4 is 5.32 Å². The Balaban J connectivity index is 1.27. The molecule has 1 fully saturated rings. The lowest BCUT2D eigenvalue weighted by molar-refractivity contribution is 0.112. The minimum Gasteiger partial charge on any atom is -0.435 e. The molecular weight excluding hydrogens is 572 g/mol. The highest BCUT2D eigenvalue weighted by molar-refractivity contribution is 6.36. The summed E-state index contributed by atoms with van der Waals surface area (Å²) in [6.07, 6.45) is 4.96. The van der Waals surface area contributed by atoms with Gasteiger partial charge in [0.05, 0.1) is 27.7 Å². The first kappa shape index (κ1) is 28.1. The normalized spacial score (nSPS) is 14.7. The Morgan fingerprint density at radius 3 is 2.59 bits per heavy atom. The van der Waals surface area contributed by atoms with Crippen molar-refractivity contribution in [1.82, 2.24) is 19.4 Å². The number of halogens is 1. The molecule has 1 aliphatic heterocycles. The van der Waals surface area contributed by atoms with Crippen molar-refractivity contribution in [1.29, 1.82) is 5.26 Å². The number of aldehydes is 1. The van der Waals surface area contributed by atoms with Crippen molar-refractivity contribution in [2.75, 3.05) is 18.9 Å². The molecule has 3 heterocycles. The van der Waals surface area contributed by atoms with Crippen LogP contribution in [0.1, 0.15) is 58.0 Å². The zero-order valence-electron chi connectivity index (χ0n) is 24.9. The van der Waals surface area contributed by atoms with Crippen molar-refractivity contribution < 1.29 is 9.21 Å². The molecule has 44 heavy (non-hydrogen) atoms. The Bertz CT molecular complexity index is 2040. The molecule has 2 aromatic heterocycles. The largest absolute Gasteiger partial charge is 0.435 e. The number of fused-ring (bicyclic) bond motifs is 2. The molecule has 8 nitrogen and oxygen atoms in total. The third-order valence-electron chi connectivity index (χ3n) is 8.86. The quantitative estimate of drug-likeness (QED) is 0.200. The molecule has 0 radical (unpaired) electrons. The fourth-order valence-corrected chi connectivity index (χ4v) is 6.51. The van der Waals surface area contributed by atoms with Crippen LogP contribution in [-0.2, 0) is 20.0 Å². The Morgan fingerprint density at radius 1 is 1.07 bits per heavy atom. The van der Waals surface area contributed by atoms with Crippen LogP contribution >= 0.6 is 11.6 Å². The van der Waals surface area contributed by atoms with Gasteiger partial charge in [-0.1, -0.05) is 35.9 Å². The molecule has 0 unspecified atom stereocenters. The highest BCUT2D eigenvalue weighted by Gasteiger charge is 2.26. The van der Waals surface area contributed by atoms with E-state index in [-0.39, 0.29) is 5.56 Å². The lowest BCUT2D eigenvalue weighted by atomic mass is 9.90. The molecule has 0 saturated heterocycles. The van der Waals surface area contributed by atoms with Gasteiger partial charge >= 0.3 is 0 Å². The monoisotopic (exact) mass is 602 g/mol. The number of hydrogen-bond acceptors (Lipinski definition) is 7. The van der Waals surface area contributed by atoms with Gasteiger partial charge in [0.1, 0.15) is 17.9 Å². The number of nitrogens with zero attached hydrogens (tertiary/aromatic N) is 5. The summed E-state index contributed by atoms with van der Waals surface area (Å²) in [6, 6.07) is 17.2. The number of aromatic nitrogens is 3. The van der Waals surface area contributed by atoms with Gasteiger partial charge in [-0.15, -0.1) is 0 Å². The molecule has 9 heteroatoms. The number of rotatable bonds is 6. The highest BCUT2D eigenvalue weighted by Crippen LogP contribution is 2.41. The summed E-state index contributed by atoms with van der Waals surface area (Å²) < 4.78 is 8.33. The van der Waals surface area contributed by atoms with Crippen LogP contribution in [0.2, 0.25) is 5.02 Å². The number of benzene rings is 3. The lowest BCUT2D eigenvalue weighted by Crippen LogP contribution is -2.27. The molecule has 0 spiro atoms. The summed E-state index contributed by atoms with van der Waals surface area (Å²) >= 11 is 7.18. The molecule has 0 bridgehead atoms. The van der Waals surface area contributed by atoms with Gasteiger partial charge in [-0.05, 0) is 74.2 Å². The highest BCUT2D eigenvalue weighted by atomic mass is 35.5. The number of nitrogens with one attached hydrogen (secondary N) is 1. The van der Waals surface area contributed by atoms with Crippen molar-refractivity contribution in [3.63, 3.8) is 0 Å². The maximum absolute atomic E-state index is 11.4. The summed E-state index contributed by atoms with van der Waals surface area (Å²) in [5, 5.41) is 13.9. The second kappa shape index (κ2) is 11.1.